The standard InChI is InChI=1S/C14H21NO3S/c1-19(16,17)14-7-5-12(6-8-14)15-10-9-13-4-2-3-11-18-13/h5-8,13,15H,2-4,9-11H2,1H3. The number of hydrogen-bond donors (Lipinski definition) is 1. The first-order chi connectivity index (χ1) is 9.05. The zero-order chi connectivity index (χ0) is 13.7. The summed E-state index contributed by atoms with van der Waals surface area (Å²) in [5.41, 5.74) is 0.947. The van der Waals surface area contributed by atoms with Crippen molar-refractivity contribution >= 4 is 15.5 Å². The number of rotatable bonds is 5. The number of hydrogen-bond acceptors (Lipinski definition) is 4. The first-order valence-electron chi connectivity index (χ1n) is 6.71. The Hall–Kier alpha value is -1.07. The van der Waals surface area contributed by atoms with Gasteiger partial charge in [0.15, 0.2) is 9.84 Å². The fourth-order valence-electron chi connectivity index (χ4n) is 2.23. The Balaban J connectivity index is 1.80. The van der Waals surface area contributed by atoms with Gasteiger partial charge in [0, 0.05) is 25.1 Å². The van der Waals surface area contributed by atoms with Crippen LogP contribution in [-0.4, -0.2) is 33.9 Å². The quantitative estimate of drug-likeness (QED) is 0.902. The number of benzene rings is 1. The minimum Gasteiger partial charge on any atom is -0.385 e. The summed E-state index contributed by atoms with van der Waals surface area (Å²) >= 11 is 0. The van der Waals surface area contributed by atoms with Crippen LogP contribution in [0.1, 0.15) is 25.7 Å². The average molecular weight is 283 g/mol. The third kappa shape index (κ3) is 4.51. The van der Waals surface area contributed by atoms with Gasteiger partial charge in [-0.3, -0.25) is 0 Å². The van der Waals surface area contributed by atoms with Gasteiger partial charge in [-0.05, 0) is 49.9 Å². The lowest BCUT2D eigenvalue weighted by Gasteiger charge is -2.22. The molecule has 0 aliphatic carbocycles. The molecule has 2 rings (SSSR count). The van der Waals surface area contributed by atoms with Gasteiger partial charge in [-0.15, -0.1) is 0 Å². The predicted octanol–water partition coefficient (Wildman–Crippen LogP) is 2.46. The molecule has 0 saturated carbocycles. The van der Waals surface area contributed by atoms with Crippen LogP contribution in [0.4, 0.5) is 5.69 Å². The summed E-state index contributed by atoms with van der Waals surface area (Å²) in [7, 11) is -3.10. The van der Waals surface area contributed by atoms with E-state index in [9.17, 15) is 8.42 Å². The Morgan fingerprint density at radius 1 is 1.26 bits per heavy atom. The van der Waals surface area contributed by atoms with E-state index in [1.54, 1.807) is 24.3 Å². The Morgan fingerprint density at radius 3 is 2.58 bits per heavy atom. The number of ether oxygens (including phenoxy) is 1. The maximum Gasteiger partial charge on any atom is 0.175 e. The zero-order valence-corrected chi connectivity index (χ0v) is 12.1. The molecule has 0 spiro atoms. The monoisotopic (exact) mass is 283 g/mol. The molecule has 0 radical (unpaired) electrons. The summed E-state index contributed by atoms with van der Waals surface area (Å²) < 4.78 is 28.3. The lowest BCUT2D eigenvalue weighted by Crippen LogP contribution is -2.21. The molecule has 1 heterocycles. The first-order valence-corrected chi connectivity index (χ1v) is 8.60. The highest BCUT2D eigenvalue weighted by molar-refractivity contribution is 7.90. The molecule has 1 aliphatic heterocycles. The van der Waals surface area contributed by atoms with Gasteiger partial charge in [0.25, 0.3) is 0 Å². The molecule has 1 fully saturated rings. The van der Waals surface area contributed by atoms with Gasteiger partial charge in [0.05, 0.1) is 11.0 Å². The molecule has 106 valence electrons. The second-order valence-corrected chi connectivity index (χ2v) is 7.02. The molecule has 4 nitrogen and oxygen atoms in total. The Morgan fingerprint density at radius 2 is 2.00 bits per heavy atom. The van der Waals surface area contributed by atoms with Crippen LogP contribution in [-0.2, 0) is 14.6 Å². The van der Waals surface area contributed by atoms with Crippen LogP contribution < -0.4 is 5.32 Å². The van der Waals surface area contributed by atoms with Gasteiger partial charge < -0.3 is 10.1 Å². The highest BCUT2D eigenvalue weighted by Gasteiger charge is 2.13. The van der Waals surface area contributed by atoms with Crippen LogP contribution in [0.5, 0.6) is 0 Å². The smallest absolute Gasteiger partial charge is 0.175 e. The molecular weight excluding hydrogens is 262 g/mol. The van der Waals surface area contributed by atoms with Crippen molar-refractivity contribution in [1.29, 1.82) is 0 Å². The molecule has 5 heteroatoms. The molecule has 0 bridgehead atoms. The molecular formula is C14H21NO3S. The second-order valence-electron chi connectivity index (χ2n) is 5.00. The van der Waals surface area contributed by atoms with E-state index in [-0.39, 0.29) is 0 Å². The lowest BCUT2D eigenvalue weighted by atomic mass is 10.1. The average Bonchev–Trinajstić information content (AvgIpc) is 2.39. The van der Waals surface area contributed by atoms with E-state index in [0.29, 0.717) is 11.0 Å². The van der Waals surface area contributed by atoms with Gasteiger partial charge in [-0.2, -0.15) is 0 Å². The van der Waals surface area contributed by atoms with Crippen molar-refractivity contribution in [1.82, 2.24) is 0 Å². The molecule has 19 heavy (non-hydrogen) atoms. The van der Waals surface area contributed by atoms with Crippen molar-refractivity contribution in [3.63, 3.8) is 0 Å². The molecule has 1 aromatic carbocycles. The van der Waals surface area contributed by atoms with Crippen molar-refractivity contribution < 1.29 is 13.2 Å². The minimum absolute atomic E-state index is 0.355. The Kier molecular flexibility index (Phi) is 4.82. The third-order valence-corrected chi connectivity index (χ3v) is 4.48. The molecule has 1 aromatic rings. The summed E-state index contributed by atoms with van der Waals surface area (Å²) in [6.45, 7) is 1.73. The van der Waals surface area contributed by atoms with Gasteiger partial charge in [-0.1, -0.05) is 0 Å². The molecule has 1 aliphatic rings. The molecule has 1 unspecified atom stereocenters. The van der Waals surface area contributed by atoms with E-state index in [2.05, 4.69) is 5.32 Å². The topological polar surface area (TPSA) is 55.4 Å². The van der Waals surface area contributed by atoms with Crippen molar-refractivity contribution in [2.45, 2.75) is 36.7 Å². The molecule has 1 atom stereocenters. The Bertz CT molecular complexity index is 490. The normalized spacial score (nSPS) is 20.2. The maximum atomic E-state index is 11.3. The largest absolute Gasteiger partial charge is 0.385 e. The van der Waals surface area contributed by atoms with E-state index in [0.717, 1.165) is 31.7 Å². The summed E-state index contributed by atoms with van der Waals surface area (Å²) in [6, 6.07) is 6.87. The SMILES string of the molecule is CS(=O)(=O)c1ccc(NCCC2CCCCO2)cc1. The van der Waals surface area contributed by atoms with Gasteiger partial charge >= 0.3 is 0 Å². The van der Waals surface area contributed by atoms with E-state index in [1.165, 1.54) is 19.1 Å². The summed E-state index contributed by atoms with van der Waals surface area (Å²) in [6.07, 6.45) is 6.17. The van der Waals surface area contributed by atoms with Crippen LogP contribution in [0, 0.1) is 0 Å². The van der Waals surface area contributed by atoms with Crippen molar-refractivity contribution in [2.24, 2.45) is 0 Å². The van der Waals surface area contributed by atoms with Crippen LogP contribution in [0.15, 0.2) is 29.2 Å². The minimum atomic E-state index is -3.10. The highest BCUT2D eigenvalue weighted by Crippen LogP contribution is 2.17. The zero-order valence-electron chi connectivity index (χ0n) is 11.3. The second kappa shape index (κ2) is 6.39. The highest BCUT2D eigenvalue weighted by atomic mass is 32.2. The van der Waals surface area contributed by atoms with Crippen LogP contribution >= 0.6 is 0 Å². The van der Waals surface area contributed by atoms with Gasteiger partial charge in [0.1, 0.15) is 0 Å². The summed E-state index contributed by atoms with van der Waals surface area (Å²) in [4.78, 5) is 0.355. The van der Waals surface area contributed by atoms with Crippen LogP contribution in [0.25, 0.3) is 0 Å². The van der Waals surface area contributed by atoms with Gasteiger partial charge in [0.2, 0.25) is 0 Å². The molecule has 0 amide bonds. The van der Waals surface area contributed by atoms with E-state index < -0.39 is 9.84 Å². The number of sulfone groups is 1. The van der Waals surface area contributed by atoms with Crippen molar-refractivity contribution in [3.8, 4) is 0 Å². The van der Waals surface area contributed by atoms with E-state index in [1.807, 2.05) is 0 Å². The molecule has 1 saturated heterocycles. The molecule has 0 aromatic heterocycles. The lowest BCUT2D eigenvalue weighted by molar-refractivity contribution is 0.0134. The maximum absolute atomic E-state index is 11.3. The fourth-order valence-corrected chi connectivity index (χ4v) is 2.86. The number of nitrogens with one attached hydrogen (secondary N) is 1. The van der Waals surface area contributed by atoms with Crippen molar-refractivity contribution in [3.05, 3.63) is 24.3 Å². The number of anilines is 1. The van der Waals surface area contributed by atoms with Crippen molar-refractivity contribution in [2.75, 3.05) is 24.7 Å². The predicted molar refractivity (Wildman–Crippen MR) is 76.2 cm³/mol. The Labute approximate surface area is 115 Å². The van der Waals surface area contributed by atoms with E-state index in [4.69, 9.17) is 4.74 Å². The summed E-state index contributed by atoms with van der Waals surface area (Å²) in [5.74, 6) is 0. The van der Waals surface area contributed by atoms with E-state index >= 15 is 0 Å². The van der Waals surface area contributed by atoms with Crippen LogP contribution in [0.2, 0.25) is 0 Å². The third-order valence-electron chi connectivity index (χ3n) is 3.35. The molecule has 1 N–H and O–H groups in total. The fraction of sp³-hybridized carbons (Fsp3) is 0.571. The first kappa shape index (κ1) is 14.3. The summed E-state index contributed by atoms with van der Waals surface area (Å²) in [5, 5.41) is 3.30. The van der Waals surface area contributed by atoms with Gasteiger partial charge in [-0.25, -0.2) is 8.42 Å². The van der Waals surface area contributed by atoms with Crippen LogP contribution in [0.3, 0.4) is 0 Å².